The smallest absolute Gasteiger partial charge is 0.126 e. The molecular formula is C13H12BrNO. The van der Waals surface area contributed by atoms with E-state index in [-0.39, 0.29) is 0 Å². The van der Waals surface area contributed by atoms with Crippen molar-refractivity contribution >= 4 is 21.6 Å². The molecule has 0 aromatic heterocycles. The number of rotatable bonds is 2. The van der Waals surface area contributed by atoms with Gasteiger partial charge >= 0.3 is 0 Å². The van der Waals surface area contributed by atoms with E-state index in [0.717, 1.165) is 27.0 Å². The lowest BCUT2D eigenvalue weighted by Crippen LogP contribution is -1.93. The van der Waals surface area contributed by atoms with Crippen molar-refractivity contribution in [3.8, 4) is 16.9 Å². The fraction of sp³-hybridized carbons (Fsp3) is 0.0769. The second kappa shape index (κ2) is 4.58. The van der Waals surface area contributed by atoms with Gasteiger partial charge in [-0.3, -0.25) is 0 Å². The van der Waals surface area contributed by atoms with Gasteiger partial charge in [0.15, 0.2) is 0 Å². The zero-order valence-electron chi connectivity index (χ0n) is 8.91. The van der Waals surface area contributed by atoms with Crippen LogP contribution in [0.25, 0.3) is 11.1 Å². The Balaban J connectivity index is 2.63. The van der Waals surface area contributed by atoms with Crippen LogP contribution in [0.5, 0.6) is 5.75 Å². The van der Waals surface area contributed by atoms with Crippen molar-refractivity contribution in [2.75, 3.05) is 12.8 Å². The molecule has 2 aromatic carbocycles. The monoisotopic (exact) mass is 277 g/mol. The molecule has 2 aromatic rings. The Morgan fingerprint density at radius 1 is 1.00 bits per heavy atom. The topological polar surface area (TPSA) is 35.2 Å². The van der Waals surface area contributed by atoms with Crippen LogP contribution in [0, 0.1) is 0 Å². The molecule has 0 spiro atoms. The summed E-state index contributed by atoms with van der Waals surface area (Å²) < 4.78 is 6.22. The van der Waals surface area contributed by atoms with Crippen molar-refractivity contribution in [2.24, 2.45) is 0 Å². The Labute approximate surface area is 103 Å². The van der Waals surface area contributed by atoms with E-state index in [4.69, 9.17) is 10.5 Å². The molecule has 0 heterocycles. The maximum absolute atomic E-state index is 6.04. The largest absolute Gasteiger partial charge is 0.496 e. The number of hydrogen-bond acceptors (Lipinski definition) is 2. The van der Waals surface area contributed by atoms with Crippen LogP contribution >= 0.6 is 15.9 Å². The maximum Gasteiger partial charge on any atom is 0.126 e. The van der Waals surface area contributed by atoms with Crippen molar-refractivity contribution in [3.05, 3.63) is 46.9 Å². The predicted molar refractivity (Wildman–Crippen MR) is 70.5 cm³/mol. The summed E-state index contributed by atoms with van der Waals surface area (Å²) >= 11 is 3.42. The number of anilines is 1. The van der Waals surface area contributed by atoms with E-state index in [1.165, 1.54) is 0 Å². The molecule has 0 amide bonds. The van der Waals surface area contributed by atoms with Gasteiger partial charge in [-0.15, -0.1) is 0 Å². The lowest BCUT2D eigenvalue weighted by atomic mass is 10.0. The van der Waals surface area contributed by atoms with Gasteiger partial charge in [0.25, 0.3) is 0 Å². The molecule has 0 saturated heterocycles. The van der Waals surface area contributed by atoms with Crippen molar-refractivity contribution in [2.45, 2.75) is 0 Å². The third-order valence-corrected chi connectivity index (χ3v) is 3.14. The molecular weight excluding hydrogens is 266 g/mol. The second-order valence-corrected chi connectivity index (χ2v) is 4.26. The third-order valence-electron chi connectivity index (χ3n) is 2.45. The van der Waals surface area contributed by atoms with Crippen LogP contribution in [0.4, 0.5) is 5.69 Å². The molecule has 0 aliphatic carbocycles. The average Bonchev–Trinajstić information content (AvgIpc) is 2.33. The number of benzene rings is 2. The Hall–Kier alpha value is -1.48. The predicted octanol–water partition coefficient (Wildman–Crippen LogP) is 3.71. The Morgan fingerprint density at radius 2 is 1.69 bits per heavy atom. The van der Waals surface area contributed by atoms with Crippen LogP contribution < -0.4 is 10.5 Å². The molecule has 82 valence electrons. The van der Waals surface area contributed by atoms with Crippen molar-refractivity contribution in [1.29, 1.82) is 0 Å². The van der Waals surface area contributed by atoms with E-state index in [9.17, 15) is 0 Å². The number of nitrogens with two attached hydrogens (primary N) is 1. The summed E-state index contributed by atoms with van der Waals surface area (Å²) in [5.41, 5.74) is 8.75. The molecule has 0 saturated carbocycles. The van der Waals surface area contributed by atoms with Crippen molar-refractivity contribution in [1.82, 2.24) is 0 Å². The highest BCUT2D eigenvalue weighted by Gasteiger charge is 2.09. The quantitative estimate of drug-likeness (QED) is 0.850. The number of hydrogen-bond donors (Lipinski definition) is 1. The standard InChI is InChI=1S/C13H12BrNO/c1-16-12-8-3-2-5-9(12)10-6-4-7-11(14)13(10)15/h2-8H,15H2,1H3. The number of nitrogen functional groups attached to an aromatic ring is 1. The van der Waals surface area contributed by atoms with Gasteiger partial charge in [0.2, 0.25) is 0 Å². The number of methoxy groups -OCH3 is 1. The van der Waals surface area contributed by atoms with Crippen molar-refractivity contribution in [3.63, 3.8) is 0 Å². The molecule has 0 atom stereocenters. The fourth-order valence-corrected chi connectivity index (χ4v) is 2.01. The number of para-hydroxylation sites is 2. The first-order valence-corrected chi connectivity index (χ1v) is 5.70. The van der Waals surface area contributed by atoms with Crippen LogP contribution in [-0.4, -0.2) is 7.11 Å². The van der Waals surface area contributed by atoms with E-state index < -0.39 is 0 Å². The zero-order valence-corrected chi connectivity index (χ0v) is 10.5. The molecule has 16 heavy (non-hydrogen) atoms. The molecule has 0 radical (unpaired) electrons. The van der Waals surface area contributed by atoms with Gasteiger partial charge in [0, 0.05) is 15.6 Å². The molecule has 2 N–H and O–H groups in total. The summed E-state index contributed by atoms with van der Waals surface area (Å²) in [4.78, 5) is 0. The van der Waals surface area contributed by atoms with E-state index in [1.54, 1.807) is 7.11 Å². The normalized spacial score (nSPS) is 10.1. The summed E-state index contributed by atoms with van der Waals surface area (Å²) in [5.74, 6) is 0.826. The van der Waals surface area contributed by atoms with Gasteiger partial charge in [-0.25, -0.2) is 0 Å². The Kier molecular flexibility index (Phi) is 3.15. The summed E-state index contributed by atoms with van der Waals surface area (Å²) in [5, 5.41) is 0. The molecule has 0 aliphatic rings. The number of ether oxygens (including phenoxy) is 1. The zero-order chi connectivity index (χ0) is 11.5. The second-order valence-electron chi connectivity index (χ2n) is 3.40. The number of halogens is 1. The maximum atomic E-state index is 6.04. The van der Waals surface area contributed by atoms with Gasteiger partial charge < -0.3 is 10.5 Å². The van der Waals surface area contributed by atoms with Crippen LogP contribution in [0.3, 0.4) is 0 Å². The van der Waals surface area contributed by atoms with Crippen LogP contribution in [0.1, 0.15) is 0 Å². The highest BCUT2D eigenvalue weighted by atomic mass is 79.9. The summed E-state index contributed by atoms with van der Waals surface area (Å²) in [6.45, 7) is 0. The van der Waals surface area contributed by atoms with Gasteiger partial charge in [-0.1, -0.05) is 30.3 Å². The van der Waals surface area contributed by atoms with Gasteiger partial charge in [-0.05, 0) is 28.1 Å². The van der Waals surface area contributed by atoms with E-state index in [1.807, 2.05) is 42.5 Å². The molecule has 0 fully saturated rings. The van der Waals surface area contributed by atoms with Crippen LogP contribution in [0.2, 0.25) is 0 Å². The van der Waals surface area contributed by atoms with Gasteiger partial charge in [0.05, 0.1) is 12.8 Å². The first-order valence-electron chi connectivity index (χ1n) is 4.91. The Bertz CT molecular complexity index is 511. The minimum atomic E-state index is 0.729. The first-order chi connectivity index (χ1) is 7.74. The summed E-state index contributed by atoms with van der Waals surface area (Å²) in [6.07, 6.45) is 0. The van der Waals surface area contributed by atoms with E-state index in [2.05, 4.69) is 15.9 Å². The summed E-state index contributed by atoms with van der Waals surface area (Å²) in [7, 11) is 1.66. The van der Waals surface area contributed by atoms with Gasteiger partial charge in [-0.2, -0.15) is 0 Å². The Morgan fingerprint density at radius 3 is 2.44 bits per heavy atom. The SMILES string of the molecule is COc1ccccc1-c1cccc(Br)c1N. The van der Waals surface area contributed by atoms with E-state index >= 15 is 0 Å². The highest BCUT2D eigenvalue weighted by Crippen LogP contribution is 2.36. The van der Waals surface area contributed by atoms with Crippen molar-refractivity contribution < 1.29 is 4.74 Å². The molecule has 2 rings (SSSR count). The third kappa shape index (κ3) is 1.91. The minimum absolute atomic E-state index is 0.729. The lowest BCUT2D eigenvalue weighted by Gasteiger charge is -2.11. The van der Waals surface area contributed by atoms with Crippen LogP contribution in [0.15, 0.2) is 46.9 Å². The highest BCUT2D eigenvalue weighted by molar-refractivity contribution is 9.10. The molecule has 3 heteroatoms. The van der Waals surface area contributed by atoms with E-state index in [0.29, 0.717) is 0 Å². The summed E-state index contributed by atoms with van der Waals surface area (Å²) in [6, 6.07) is 13.7. The average molecular weight is 278 g/mol. The van der Waals surface area contributed by atoms with Crippen LogP contribution in [-0.2, 0) is 0 Å². The van der Waals surface area contributed by atoms with Gasteiger partial charge in [0.1, 0.15) is 5.75 Å². The molecule has 0 bridgehead atoms. The molecule has 0 unspecified atom stereocenters. The lowest BCUT2D eigenvalue weighted by molar-refractivity contribution is 0.416. The molecule has 0 aliphatic heterocycles. The molecule has 2 nitrogen and oxygen atoms in total. The first kappa shape index (κ1) is 11.0. The minimum Gasteiger partial charge on any atom is -0.496 e. The fourth-order valence-electron chi connectivity index (χ4n) is 1.64.